The summed E-state index contributed by atoms with van der Waals surface area (Å²) in [7, 11) is 0. The van der Waals surface area contributed by atoms with Crippen LogP contribution in [0.5, 0.6) is 0 Å². The molecule has 0 aromatic carbocycles. The summed E-state index contributed by atoms with van der Waals surface area (Å²) in [6, 6.07) is -0.0943. The summed E-state index contributed by atoms with van der Waals surface area (Å²) in [5.41, 5.74) is 0. The van der Waals surface area contributed by atoms with E-state index in [2.05, 4.69) is 11.2 Å². The molecule has 1 aliphatic heterocycles. The van der Waals surface area contributed by atoms with Crippen LogP contribution in [0.25, 0.3) is 0 Å². The monoisotopic (exact) mass is 180 g/mol. The number of amides is 2. The molecule has 0 aromatic heterocycles. The smallest absolute Gasteiger partial charge is 0.318 e. The number of rotatable bonds is 2. The number of nitrogens with zero attached hydrogens (tertiary/aromatic N) is 1. The van der Waals surface area contributed by atoms with Crippen molar-refractivity contribution >= 4 is 6.03 Å². The zero-order chi connectivity index (χ0) is 9.84. The Balaban J connectivity index is 2.67. The minimum Gasteiger partial charge on any atom is -0.338 e. The molecule has 0 saturated carbocycles. The van der Waals surface area contributed by atoms with E-state index in [4.69, 9.17) is 6.42 Å². The van der Waals surface area contributed by atoms with Gasteiger partial charge < -0.3 is 10.2 Å². The van der Waals surface area contributed by atoms with Gasteiger partial charge in [-0.25, -0.2) is 4.79 Å². The van der Waals surface area contributed by atoms with Crippen LogP contribution in [0.15, 0.2) is 0 Å². The summed E-state index contributed by atoms with van der Waals surface area (Å²) in [6.07, 6.45) is 6.38. The van der Waals surface area contributed by atoms with E-state index in [0.29, 0.717) is 5.92 Å². The lowest BCUT2D eigenvalue weighted by Gasteiger charge is -2.34. The molecule has 1 unspecified atom stereocenters. The summed E-state index contributed by atoms with van der Waals surface area (Å²) in [6.45, 7) is 5.61. The minimum absolute atomic E-state index is 0.0251. The maximum absolute atomic E-state index is 11.4. The molecule has 0 spiro atoms. The second-order valence-corrected chi connectivity index (χ2v) is 3.63. The molecular formula is C10H16N2O. The van der Waals surface area contributed by atoms with Crippen molar-refractivity contribution < 1.29 is 4.79 Å². The van der Waals surface area contributed by atoms with Crippen LogP contribution in [0.3, 0.4) is 0 Å². The molecule has 0 bridgehead atoms. The van der Waals surface area contributed by atoms with Gasteiger partial charge in [-0.3, -0.25) is 0 Å². The van der Waals surface area contributed by atoms with Gasteiger partial charge in [0, 0.05) is 13.1 Å². The molecule has 1 fully saturated rings. The lowest BCUT2D eigenvalue weighted by molar-refractivity contribution is 0.162. The maximum atomic E-state index is 11.4. The largest absolute Gasteiger partial charge is 0.338 e. The predicted molar refractivity (Wildman–Crippen MR) is 52.2 cm³/mol. The highest BCUT2D eigenvalue weighted by molar-refractivity contribution is 5.75. The first-order chi connectivity index (χ1) is 6.16. The van der Waals surface area contributed by atoms with Gasteiger partial charge in [-0.2, -0.15) is 0 Å². The molecule has 1 heterocycles. The highest BCUT2D eigenvalue weighted by atomic mass is 16.2. The molecule has 1 rings (SSSR count). The van der Waals surface area contributed by atoms with E-state index < -0.39 is 0 Å². The SMILES string of the molecule is C#CC(C(C)C)N1CCCNC1=O. The summed E-state index contributed by atoms with van der Waals surface area (Å²) in [5.74, 6) is 2.98. The molecule has 1 atom stereocenters. The van der Waals surface area contributed by atoms with E-state index in [9.17, 15) is 4.79 Å². The van der Waals surface area contributed by atoms with Crippen molar-refractivity contribution in [3.8, 4) is 12.3 Å². The van der Waals surface area contributed by atoms with E-state index in [0.717, 1.165) is 19.5 Å². The zero-order valence-corrected chi connectivity index (χ0v) is 8.21. The first kappa shape index (κ1) is 9.91. The highest BCUT2D eigenvalue weighted by Crippen LogP contribution is 2.12. The molecule has 72 valence electrons. The summed E-state index contributed by atoms with van der Waals surface area (Å²) < 4.78 is 0. The molecule has 3 nitrogen and oxygen atoms in total. The average Bonchev–Trinajstić information content (AvgIpc) is 2.09. The number of hydrogen-bond acceptors (Lipinski definition) is 1. The number of carbonyl (C=O) groups excluding carboxylic acids is 1. The van der Waals surface area contributed by atoms with Gasteiger partial charge in [0.15, 0.2) is 0 Å². The van der Waals surface area contributed by atoms with Crippen LogP contribution in [0.1, 0.15) is 20.3 Å². The van der Waals surface area contributed by atoms with Gasteiger partial charge in [0.25, 0.3) is 0 Å². The quantitative estimate of drug-likeness (QED) is 0.633. The second-order valence-electron chi connectivity index (χ2n) is 3.63. The van der Waals surface area contributed by atoms with E-state index in [1.54, 1.807) is 4.90 Å². The first-order valence-corrected chi connectivity index (χ1v) is 4.67. The molecule has 1 saturated heterocycles. The fourth-order valence-corrected chi connectivity index (χ4v) is 1.56. The van der Waals surface area contributed by atoms with Crippen LogP contribution < -0.4 is 5.32 Å². The number of carbonyl (C=O) groups is 1. The van der Waals surface area contributed by atoms with Crippen molar-refractivity contribution in [2.75, 3.05) is 13.1 Å². The predicted octanol–water partition coefficient (Wildman–Crippen LogP) is 1.06. The van der Waals surface area contributed by atoms with Crippen LogP contribution in [0.2, 0.25) is 0 Å². The van der Waals surface area contributed by atoms with Crippen LogP contribution in [0, 0.1) is 18.3 Å². The maximum Gasteiger partial charge on any atom is 0.318 e. The Labute approximate surface area is 79.5 Å². The van der Waals surface area contributed by atoms with Crippen molar-refractivity contribution in [1.82, 2.24) is 10.2 Å². The standard InChI is InChI=1S/C10H16N2O/c1-4-9(8(2)3)12-7-5-6-11-10(12)13/h1,8-9H,5-7H2,2-3H3,(H,11,13). The summed E-state index contributed by atoms with van der Waals surface area (Å²) in [5, 5.41) is 2.79. The Kier molecular flexibility index (Phi) is 3.18. The van der Waals surface area contributed by atoms with E-state index >= 15 is 0 Å². The third-order valence-corrected chi connectivity index (χ3v) is 2.25. The van der Waals surface area contributed by atoms with Gasteiger partial charge in [0.1, 0.15) is 0 Å². The topological polar surface area (TPSA) is 32.3 Å². The van der Waals surface area contributed by atoms with E-state index in [1.165, 1.54) is 0 Å². The Bertz CT molecular complexity index is 230. The van der Waals surface area contributed by atoms with Crippen LogP contribution >= 0.6 is 0 Å². The summed E-state index contributed by atoms with van der Waals surface area (Å²) >= 11 is 0. The molecule has 13 heavy (non-hydrogen) atoms. The van der Waals surface area contributed by atoms with Gasteiger partial charge in [0.05, 0.1) is 6.04 Å². The van der Waals surface area contributed by atoms with Gasteiger partial charge in [-0.05, 0) is 12.3 Å². The van der Waals surface area contributed by atoms with Crippen LogP contribution in [-0.4, -0.2) is 30.1 Å². The van der Waals surface area contributed by atoms with Crippen molar-refractivity contribution in [2.24, 2.45) is 5.92 Å². The number of urea groups is 1. The number of terminal acetylenes is 1. The van der Waals surface area contributed by atoms with Crippen molar-refractivity contribution in [3.05, 3.63) is 0 Å². The molecule has 1 aliphatic rings. The molecule has 3 heteroatoms. The van der Waals surface area contributed by atoms with E-state index in [-0.39, 0.29) is 12.1 Å². The van der Waals surface area contributed by atoms with Crippen molar-refractivity contribution in [2.45, 2.75) is 26.3 Å². The average molecular weight is 180 g/mol. The fraction of sp³-hybridized carbons (Fsp3) is 0.700. The van der Waals surface area contributed by atoms with Crippen molar-refractivity contribution in [1.29, 1.82) is 0 Å². The van der Waals surface area contributed by atoms with Gasteiger partial charge in [-0.1, -0.05) is 19.8 Å². The zero-order valence-electron chi connectivity index (χ0n) is 8.21. The lowest BCUT2D eigenvalue weighted by Crippen LogP contribution is -2.52. The Morgan fingerprint density at radius 1 is 1.62 bits per heavy atom. The highest BCUT2D eigenvalue weighted by Gasteiger charge is 2.26. The molecule has 0 aliphatic carbocycles. The van der Waals surface area contributed by atoms with Gasteiger partial charge in [0.2, 0.25) is 0 Å². The number of nitrogens with one attached hydrogen (secondary N) is 1. The van der Waals surface area contributed by atoms with Crippen molar-refractivity contribution in [3.63, 3.8) is 0 Å². The molecule has 2 amide bonds. The normalized spacial score (nSPS) is 19.5. The molecule has 0 aromatic rings. The first-order valence-electron chi connectivity index (χ1n) is 4.67. The summed E-state index contributed by atoms with van der Waals surface area (Å²) in [4.78, 5) is 13.2. The molecule has 0 radical (unpaired) electrons. The molecular weight excluding hydrogens is 164 g/mol. The van der Waals surface area contributed by atoms with E-state index in [1.807, 2.05) is 13.8 Å². The Hall–Kier alpha value is -1.17. The van der Waals surface area contributed by atoms with Gasteiger partial charge >= 0.3 is 6.03 Å². The fourth-order valence-electron chi connectivity index (χ4n) is 1.56. The minimum atomic E-state index is -0.0692. The molecule has 1 N–H and O–H groups in total. The third kappa shape index (κ3) is 2.15. The second kappa shape index (κ2) is 4.18. The third-order valence-electron chi connectivity index (χ3n) is 2.25. The Morgan fingerprint density at radius 2 is 2.31 bits per heavy atom. The number of hydrogen-bond donors (Lipinski definition) is 1. The van der Waals surface area contributed by atoms with Crippen LogP contribution in [-0.2, 0) is 0 Å². The van der Waals surface area contributed by atoms with Gasteiger partial charge in [-0.15, -0.1) is 6.42 Å². The lowest BCUT2D eigenvalue weighted by atomic mass is 10.0. The Morgan fingerprint density at radius 3 is 2.77 bits per heavy atom. The van der Waals surface area contributed by atoms with Crippen LogP contribution in [0.4, 0.5) is 4.79 Å².